The molecule has 6 aromatic heterocycles. The Hall–Kier alpha value is -4.32. The molecule has 0 bridgehead atoms. The van der Waals surface area contributed by atoms with Crippen LogP contribution in [-0.4, -0.2) is 111 Å². The molecule has 0 aromatic carbocycles. The van der Waals surface area contributed by atoms with Gasteiger partial charge in [0.25, 0.3) is 0 Å². The minimum absolute atomic E-state index is 0.0361. The first-order valence-corrected chi connectivity index (χ1v) is 16.8. The molecule has 2 aliphatic rings. The summed E-state index contributed by atoms with van der Waals surface area (Å²) in [4.78, 5) is 18.5. The lowest BCUT2D eigenvalue weighted by molar-refractivity contribution is -0.138. The summed E-state index contributed by atoms with van der Waals surface area (Å²) in [6.45, 7) is 6.68. The highest BCUT2D eigenvalue weighted by Crippen LogP contribution is 2.37. The fourth-order valence-electron chi connectivity index (χ4n) is 7.54. The highest BCUT2D eigenvalue weighted by Gasteiger charge is 2.39. The van der Waals surface area contributed by atoms with Crippen molar-refractivity contribution in [2.24, 2.45) is 11.8 Å². The molecule has 8 heterocycles. The predicted octanol–water partition coefficient (Wildman–Crippen LogP) is 5.97. The molecule has 0 radical (unpaired) electrons. The lowest BCUT2D eigenvalue weighted by atomic mass is 9.93. The van der Waals surface area contributed by atoms with Gasteiger partial charge < -0.3 is 19.8 Å². The zero-order valence-electron chi connectivity index (χ0n) is 27.6. The Balaban J connectivity index is 0.000000157. The Morgan fingerprint density at radius 3 is 1.44 bits per heavy atom. The van der Waals surface area contributed by atoms with Crippen LogP contribution in [0.1, 0.15) is 63.0 Å². The quantitative estimate of drug-likeness (QED) is 0.186. The van der Waals surface area contributed by atoms with E-state index in [9.17, 15) is 26.3 Å². The highest BCUT2D eigenvalue weighted by atomic mass is 19.4. The van der Waals surface area contributed by atoms with E-state index < -0.39 is 25.2 Å². The zero-order valence-corrected chi connectivity index (χ0v) is 27.6. The van der Waals surface area contributed by atoms with E-state index in [-0.39, 0.29) is 36.8 Å². The van der Waals surface area contributed by atoms with Gasteiger partial charge in [-0.25, -0.2) is 9.97 Å². The summed E-state index contributed by atoms with van der Waals surface area (Å²) in [5, 5.41) is 17.1. The number of aromatic amines is 2. The number of aromatic nitrogens is 10. The number of fused-ring (bicyclic) bond motifs is 6. The van der Waals surface area contributed by atoms with Gasteiger partial charge in [-0.15, -0.1) is 20.4 Å². The average Bonchev–Trinajstić information content (AvgIpc) is 3.92. The summed E-state index contributed by atoms with van der Waals surface area (Å²) in [7, 11) is 0. The van der Waals surface area contributed by atoms with Crippen molar-refractivity contribution in [3.05, 3.63) is 48.6 Å². The van der Waals surface area contributed by atoms with Gasteiger partial charge in [-0.3, -0.25) is 8.80 Å². The van der Waals surface area contributed by atoms with Crippen molar-refractivity contribution in [1.82, 2.24) is 58.9 Å². The van der Waals surface area contributed by atoms with Gasteiger partial charge in [0.05, 0.1) is 36.3 Å². The monoisotopic (exact) mass is 704 g/mol. The molecule has 18 heteroatoms. The first-order chi connectivity index (χ1) is 23.9. The van der Waals surface area contributed by atoms with Gasteiger partial charge in [-0.2, -0.15) is 26.3 Å². The zero-order chi connectivity index (χ0) is 35.2. The minimum Gasteiger partial charge on any atom is -0.345 e. The van der Waals surface area contributed by atoms with E-state index in [1.54, 1.807) is 12.4 Å². The molecule has 6 aromatic rings. The van der Waals surface area contributed by atoms with Crippen LogP contribution in [0.3, 0.4) is 0 Å². The van der Waals surface area contributed by atoms with Gasteiger partial charge in [0.15, 0.2) is 22.6 Å². The van der Waals surface area contributed by atoms with Crippen molar-refractivity contribution in [3.63, 3.8) is 0 Å². The summed E-state index contributed by atoms with van der Waals surface area (Å²) in [5.74, 6) is 2.28. The summed E-state index contributed by atoms with van der Waals surface area (Å²) in [6, 6.07) is 3.83. The summed E-state index contributed by atoms with van der Waals surface area (Å²) in [5.41, 5.74) is 4.58. The molecule has 0 saturated carbocycles. The molecule has 2 fully saturated rings. The van der Waals surface area contributed by atoms with Crippen LogP contribution in [0, 0.1) is 11.8 Å². The molecule has 8 rings (SSSR count). The molecule has 2 aliphatic heterocycles. The number of nitrogens with zero attached hydrogens (tertiary/aromatic N) is 10. The van der Waals surface area contributed by atoms with Crippen LogP contribution in [0.25, 0.3) is 33.6 Å². The molecule has 12 nitrogen and oxygen atoms in total. The van der Waals surface area contributed by atoms with Crippen molar-refractivity contribution < 1.29 is 26.3 Å². The fraction of sp³-hybridized carbons (Fsp3) is 0.562. The number of likely N-dealkylation sites (tertiary alicyclic amines) is 2. The van der Waals surface area contributed by atoms with E-state index in [4.69, 9.17) is 0 Å². The summed E-state index contributed by atoms with van der Waals surface area (Å²) >= 11 is 0. The minimum atomic E-state index is -4.12. The second-order valence-electron chi connectivity index (χ2n) is 13.2. The van der Waals surface area contributed by atoms with E-state index in [1.165, 1.54) is 0 Å². The van der Waals surface area contributed by atoms with Gasteiger partial charge in [-0.1, -0.05) is 26.7 Å². The topological polar surface area (TPSA) is 124 Å². The Morgan fingerprint density at radius 2 is 1.06 bits per heavy atom. The van der Waals surface area contributed by atoms with Crippen molar-refractivity contribution in [2.75, 3.05) is 39.3 Å². The smallest absolute Gasteiger partial charge is 0.345 e. The van der Waals surface area contributed by atoms with Gasteiger partial charge in [0.1, 0.15) is 11.6 Å². The van der Waals surface area contributed by atoms with Crippen LogP contribution in [0.2, 0.25) is 0 Å². The maximum atomic E-state index is 12.5. The molecule has 50 heavy (non-hydrogen) atoms. The van der Waals surface area contributed by atoms with Crippen LogP contribution < -0.4 is 0 Å². The molecule has 268 valence electrons. The summed E-state index contributed by atoms with van der Waals surface area (Å²) < 4.78 is 79.2. The average molecular weight is 705 g/mol. The Morgan fingerprint density at radius 1 is 0.640 bits per heavy atom. The van der Waals surface area contributed by atoms with Crippen molar-refractivity contribution in [1.29, 1.82) is 0 Å². The number of halogens is 6. The Labute approximate surface area is 282 Å². The molecule has 0 aliphatic carbocycles. The third-order valence-electron chi connectivity index (χ3n) is 10.1. The first-order valence-electron chi connectivity index (χ1n) is 16.8. The lowest BCUT2D eigenvalue weighted by Crippen LogP contribution is -2.26. The summed E-state index contributed by atoms with van der Waals surface area (Å²) in [6.07, 6.45) is -1.07. The number of hydrogen-bond acceptors (Lipinski definition) is 8. The van der Waals surface area contributed by atoms with Gasteiger partial charge in [-0.05, 0) is 24.0 Å². The van der Waals surface area contributed by atoms with Crippen molar-refractivity contribution in [2.45, 2.75) is 63.7 Å². The standard InChI is InChI=1S/2C16H19F3N6/c2*1-2-10-8-24(6-4-16(17,18)19)9-11(10)15-23-22-13-7-21-14-12(25(13)15)3-5-20-14/h2*3,5,7,10-11,20H,2,4,6,8-9H2,1H3/t2*10-,11+/m10/s1. The van der Waals surface area contributed by atoms with Gasteiger partial charge >= 0.3 is 12.4 Å². The third kappa shape index (κ3) is 6.86. The normalized spacial score (nSPS) is 22.4. The molecule has 4 atom stereocenters. The number of rotatable bonds is 8. The molecule has 0 amide bonds. The van der Waals surface area contributed by atoms with E-state index >= 15 is 0 Å². The highest BCUT2D eigenvalue weighted by molar-refractivity contribution is 5.75. The van der Waals surface area contributed by atoms with Crippen LogP contribution in [0.5, 0.6) is 0 Å². The van der Waals surface area contributed by atoms with Gasteiger partial charge in [0.2, 0.25) is 0 Å². The molecular weight excluding hydrogens is 666 g/mol. The van der Waals surface area contributed by atoms with Gasteiger partial charge in [0, 0.05) is 63.5 Å². The van der Waals surface area contributed by atoms with E-state index in [0.717, 1.165) is 46.8 Å². The van der Waals surface area contributed by atoms with Crippen LogP contribution in [-0.2, 0) is 0 Å². The molecular formula is C32H38F6N12. The lowest BCUT2D eigenvalue weighted by Gasteiger charge is -2.16. The number of H-pyrrole nitrogens is 2. The molecule has 0 spiro atoms. The SMILES string of the molecule is CC[C@@H]1CN(CCC(F)(F)F)C[C@@H]1c1nnc2cnc3[nH]ccc3n12.CC[C@H]1CN(CCC(F)(F)F)C[C@H]1c1nnc2cnc3[nH]ccc3n12. The van der Waals surface area contributed by atoms with Crippen molar-refractivity contribution in [3.8, 4) is 0 Å². The van der Waals surface area contributed by atoms with Crippen molar-refractivity contribution >= 4 is 33.6 Å². The maximum Gasteiger partial charge on any atom is 0.390 e. The van der Waals surface area contributed by atoms with Crippen LogP contribution in [0.4, 0.5) is 26.3 Å². The molecule has 0 unspecified atom stereocenters. The predicted molar refractivity (Wildman–Crippen MR) is 173 cm³/mol. The Kier molecular flexibility index (Phi) is 9.17. The largest absolute Gasteiger partial charge is 0.390 e. The maximum absolute atomic E-state index is 12.5. The van der Waals surface area contributed by atoms with E-state index in [1.807, 2.05) is 43.1 Å². The second kappa shape index (κ2) is 13.4. The second-order valence-corrected chi connectivity index (χ2v) is 13.2. The number of nitrogens with one attached hydrogen (secondary N) is 2. The van der Waals surface area contributed by atoms with E-state index in [2.05, 4.69) is 54.2 Å². The first kappa shape index (κ1) is 34.1. The fourth-order valence-corrected chi connectivity index (χ4v) is 7.54. The Bertz CT molecular complexity index is 1910. The molecule has 2 saturated heterocycles. The third-order valence-corrected chi connectivity index (χ3v) is 10.1. The number of hydrogen-bond donors (Lipinski definition) is 2. The van der Waals surface area contributed by atoms with E-state index in [0.29, 0.717) is 37.5 Å². The van der Waals surface area contributed by atoms with Crippen LogP contribution in [0.15, 0.2) is 36.9 Å². The number of alkyl halides is 6. The van der Waals surface area contributed by atoms with Crippen LogP contribution >= 0.6 is 0 Å². The molecule has 2 N–H and O–H groups in total.